The van der Waals surface area contributed by atoms with Crippen LogP contribution in [0.1, 0.15) is 21.9 Å². The van der Waals surface area contributed by atoms with Crippen LogP contribution in [-0.4, -0.2) is 19.1 Å². The summed E-state index contributed by atoms with van der Waals surface area (Å²) in [5.74, 6) is 6.21. The Labute approximate surface area is 128 Å². The Bertz CT molecular complexity index is 725. The first-order chi connectivity index (χ1) is 10.6. The van der Waals surface area contributed by atoms with Crippen molar-refractivity contribution >= 4 is 5.91 Å². The summed E-state index contributed by atoms with van der Waals surface area (Å²) in [5, 5.41) is 2.66. The number of carbonyl (C=O) groups excluding carboxylic acids is 1. The van der Waals surface area contributed by atoms with Crippen molar-refractivity contribution in [2.24, 2.45) is 0 Å². The van der Waals surface area contributed by atoms with Crippen molar-refractivity contribution in [1.29, 1.82) is 0 Å². The SMILES string of the molecule is Cc1cc(C(=O)NCC#CCOc2ccccc2F)c(C)o1. The molecule has 1 N–H and O–H groups in total. The third-order valence-corrected chi connectivity index (χ3v) is 2.88. The van der Waals surface area contributed by atoms with Gasteiger partial charge in [-0.1, -0.05) is 24.0 Å². The normalized spacial score (nSPS) is 9.77. The molecule has 0 aliphatic rings. The third-order valence-electron chi connectivity index (χ3n) is 2.88. The number of hydrogen-bond donors (Lipinski definition) is 1. The van der Waals surface area contributed by atoms with Crippen LogP contribution in [0.4, 0.5) is 4.39 Å². The smallest absolute Gasteiger partial charge is 0.255 e. The molecule has 114 valence electrons. The number of amides is 1. The van der Waals surface area contributed by atoms with E-state index in [1.807, 2.05) is 0 Å². The van der Waals surface area contributed by atoms with Crippen molar-refractivity contribution in [2.75, 3.05) is 13.2 Å². The summed E-state index contributed by atoms with van der Waals surface area (Å²) in [7, 11) is 0. The van der Waals surface area contributed by atoms with Crippen LogP contribution < -0.4 is 10.1 Å². The monoisotopic (exact) mass is 301 g/mol. The number of furan rings is 1. The lowest BCUT2D eigenvalue weighted by Gasteiger charge is -2.02. The summed E-state index contributed by atoms with van der Waals surface area (Å²) in [6.07, 6.45) is 0. The Kier molecular flexibility index (Phi) is 5.21. The molecule has 1 aromatic heterocycles. The van der Waals surface area contributed by atoms with Crippen LogP contribution in [0.3, 0.4) is 0 Å². The molecular weight excluding hydrogens is 285 g/mol. The zero-order valence-electron chi connectivity index (χ0n) is 12.4. The second-order valence-corrected chi connectivity index (χ2v) is 4.58. The van der Waals surface area contributed by atoms with Crippen LogP contribution in [0.25, 0.3) is 0 Å². The van der Waals surface area contributed by atoms with Gasteiger partial charge in [0.1, 0.15) is 18.1 Å². The summed E-state index contributed by atoms with van der Waals surface area (Å²) < 4.78 is 23.7. The van der Waals surface area contributed by atoms with Gasteiger partial charge in [0, 0.05) is 0 Å². The Morgan fingerprint density at radius 3 is 2.77 bits per heavy atom. The molecule has 1 amide bonds. The van der Waals surface area contributed by atoms with Gasteiger partial charge in [-0.2, -0.15) is 0 Å². The second-order valence-electron chi connectivity index (χ2n) is 4.58. The van der Waals surface area contributed by atoms with E-state index in [0.29, 0.717) is 17.1 Å². The molecule has 0 saturated carbocycles. The topological polar surface area (TPSA) is 51.5 Å². The van der Waals surface area contributed by atoms with Crippen LogP contribution in [0.15, 0.2) is 34.7 Å². The van der Waals surface area contributed by atoms with E-state index in [9.17, 15) is 9.18 Å². The van der Waals surface area contributed by atoms with Crippen LogP contribution in [0.2, 0.25) is 0 Å². The first kappa shape index (κ1) is 15.6. The molecule has 0 aliphatic carbocycles. The quantitative estimate of drug-likeness (QED) is 0.884. The van der Waals surface area contributed by atoms with E-state index in [1.54, 1.807) is 32.0 Å². The number of carbonyl (C=O) groups is 1. The molecule has 0 unspecified atom stereocenters. The van der Waals surface area contributed by atoms with Crippen molar-refractivity contribution in [1.82, 2.24) is 5.32 Å². The molecule has 0 bridgehead atoms. The molecule has 0 radical (unpaired) electrons. The van der Waals surface area contributed by atoms with Gasteiger partial charge >= 0.3 is 0 Å². The van der Waals surface area contributed by atoms with Gasteiger partial charge in [0.15, 0.2) is 11.6 Å². The lowest BCUT2D eigenvalue weighted by atomic mass is 10.2. The minimum Gasteiger partial charge on any atom is -0.478 e. The van der Waals surface area contributed by atoms with Gasteiger partial charge in [-0.05, 0) is 32.0 Å². The van der Waals surface area contributed by atoms with Gasteiger partial charge in [-0.15, -0.1) is 0 Å². The molecule has 0 atom stereocenters. The Hall–Kier alpha value is -2.74. The molecular formula is C17H16FNO3. The van der Waals surface area contributed by atoms with Crippen molar-refractivity contribution < 1.29 is 18.3 Å². The third kappa shape index (κ3) is 4.13. The highest BCUT2D eigenvalue weighted by Crippen LogP contribution is 2.14. The Morgan fingerprint density at radius 1 is 1.32 bits per heavy atom. The van der Waals surface area contributed by atoms with Crippen LogP contribution in [0, 0.1) is 31.5 Å². The molecule has 22 heavy (non-hydrogen) atoms. The fraction of sp³-hybridized carbons (Fsp3) is 0.235. The molecule has 0 spiro atoms. The van der Waals surface area contributed by atoms with Gasteiger partial charge in [0.25, 0.3) is 5.91 Å². The number of halogens is 1. The highest BCUT2D eigenvalue weighted by atomic mass is 19.1. The Morgan fingerprint density at radius 2 is 2.09 bits per heavy atom. The van der Waals surface area contributed by atoms with Crippen molar-refractivity contribution in [2.45, 2.75) is 13.8 Å². The first-order valence-corrected chi connectivity index (χ1v) is 6.76. The summed E-state index contributed by atoms with van der Waals surface area (Å²) in [4.78, 5) is 11.9. The molecule has 1 aromatic carbocycles. The Balaban J connectivity index is 1.77. The molecule has 0 aliphatic heterocycles. The maximum absolute atomic E-state index is 13.3. The average molecular weight is 301 g/mol. The molecule has 4 nitrogen and oxygen atoms in total. The number of ether oxygens (including phenoxy) is 1. The van der Waals surface area contributed by atoms with Gasteiger partial charge in [-0.25, -0.2) is 4.39 Å². The zero-order chi connectivity index (χ0) is 15.9. The summed E-state index contributed by atoms with van der Waals surface area (Å²) >= 11 is 0. The van der Waals surface area contributed by atoms with Crippen molar-refractivity contribution in [3.05, 3.63) is 53.2 Å². The van der Waals surface area contributed by atoms with E-state index in [4.69, 9.17) is 9.15 Å². The molecule has 5 heteroatoms. The van der Waals surface area contributed by atoms with Crippen LogP contribution in [-0.2, 0) is 0 Å². The van der Waals surface area contributed by atoms with Gasteiger partial charge in [0.05, 0.1) is 12.1 Å². The molecule has 1 heterocycles. The lowest BCUT2D eigenvalue weighted by Crippen LogP contribution is -2.23. The highest BCUT2D eigenvalue weighted by molar-refractivity contribution is 5.95. The summed E-state index contributed by atoms with van der Waals surface area (Å²) in [5.41, 5.74) is 0.502. The molecule has 0 fully saturated rings. The first-order valence-electron chi connectivity index (χ1n) is 6.76. The number of nitrogens with one attached hydrogen (secondary N) is 1. The summed E-state index contributed by atoms with van der Waals surface area (Å²) in [6, 6.07) is 7.80. The maximum atomic E-state index is 13.3. The average Bonchev–Trinajstić information content (AvgIpc) is 2.83. The predicted molar refractivity (Wildman–Crippen MR) is 80.2 cm³/mol. The molecule has 0 saturated heterocycles. The zero-order valence-corrected chi connectivity index (χ0v) is 12.4. The number of aryl methyl sites for hydroxylation is 2. The second kappa shape index (κ2) is 7.32. The largest absolute Gasteiger partial charge is 0.478 e. The number of hydrogen-bond acceptors (Lipinski definition) is 3. The van der Waals surface area contributed by atoms with Crippen molar-refractivity contribution in [3.63, 3.8) is 0 Å². The minimum atomic E-state index is -0.427. The highest BCUT2D eigenvalue weighted by Gasteiger charge is 2.11. The van der Waals surface area contributed by atoms with E-state index in [1.165, 1.54) is 12.1 Å². The number of benzene rings is 1. The van der Waals surface area contributed by atoms with E-state index in [-0.39, 0.29) is 24.8 Å². The van der Waals surface area contributed by atoms with Gasteiger partial charge in [-0.3, -0.25) is 4.79 Å². The van der Waals surface area contributed by atoms with E-state index in [0.717, 1.165) is 0 Å². The minimum absolute atomic E-state index is 0.0562. The molecule has 2 aromatic rings. The van der Waals surface area contributed by atoms with E-state index >= 15 is 0 Å². The fourth-order valence-electron chi connectivity index (χ4n) is 1.87. The fourth-order valence-corrected chi connectivity index (χ4v) is 1.87. The maximum Gasteiger partial charge on any atom is 0.255 e. The van der Waals surface area contributed by atoms with Gasteiger partial charge in [0.2, 0.25) is 0 Å². The van der Waals surface area contributed by atoms with Crippen LogP contribution in [0.5, 0.6) is 5.75 Å². The number of rotatable bonds is 4. The lowest BCUT2D eigenvalue weighted by molar-refractivity contribution is 0.0957. The van der Waals surface area contributed by atoms with Gasteiger partial charge < -0.3 is 14.5 Å². The van der Waals surface area contributed by atoms with E-state index < -0.39 is 5.82 Å². The van der Waals surface area contributed by atoms with Crippen molar-refractivity contribution in [3.8, 4) is 17.6 Å². The number of para-hydroxylation sites is 1. The standard InChI is InChI=1S/C17H16FNO3/c1-12-11-14(13(2)22-12)17(20)19-9-5-6-10-21-16-8-4-3-7-15(16)18/h3-4,7-8,11H,9-10H2,1-2H3,(H,19,20). The molecule has 2 rings (SSSR count). The predicted octanol–water partition coefficient (Wildman–Crippen LogP) is 2.85. The summed E-state index contributed by atoms with van der Waals surface area (Å²) in [6.45, 7) is 3.75. The van der Waals surface area contributed by atoms with Crippen LogP contribution >= 0.6 is 0 Å². The van der Waals surface area contributed by atoms with E-state index in [2.05, 4.69) is 17.2 Å².